The standard InChI is InChI=1S/C26H28ClNO6/c1-5-33-25(29)20-15-28(14-17-10-11-22(31-3)23(12-17)32-4)16-21(26(30)34-6-2)24(20)18-8-7-9-19(27)13-18/h7-13,15-16,24H,5-6,14H2,1-4H3. The number of carbonyl (C=O) groups excluding carboxylic acids is 2. The summed E-state index contributed by atoms with van der Waals surface area (Å²) in [6.45, 7) is 4.24. The Hall–Kier alpha value is -3.45. The number of halogens is 1. The summed E-state index contributed by atoms with van der Waals surface area (Å²) in [4.78, 5) is 27.8. The van der Waals surface area contributed by atoms with Gasteiger partial charge in [-0.25, -0.2) is 9.59 Å². The molecule has 0 amide bonds. The Labute approximate surface area is 204 Å². The lowest BCUT2D eigenvalue weighted by molar-refractivity contribution is -0.139. The third kappa shape index (κ3) is 5.72. The largest absolute Gasteiger partial charge is 0.493 e. The molecule has 0 saturated carbocycles. The number of methoxy groups -OCH3 is 2. The maximum Gasteiger partial charge on any atom is 0.336 e. The Kier molecular flexibility index (Phi) is 8.60. The highest BCUT2D eigenvalue weighted by Crippen LogP contribution is 2.38. The Balaban J connectivity index is 2.08. The van der Waals surface area contributed by atoms with Crippen LogP contribution in [0.2, 0.25) is 5.02 Å². The van der Waals surface area contributed by atoms with Crippen LogP contribution in [0.3, 0.4) is 0 Å². The van der Waals surface area contributed by atoms with E-state index in [1.165, 1.54) is 0 Å². The second-order valence-electron chi connectivity index (χ2n) is 7.46. The summed E-state index contributed by atoms with van der Waals surface area (Å²) in [5.41, 5.74) is 2.21. The first-order valence-electron chi connectivity index (χ1n) is 10.9. The van der Waals surface area contributed by atoms with Gasteiger partial charge in [-0.2, -0.15) is 0 Å². The minimum atomic E-state index is -0.682. The predicted octanol–water partition coefficient (Wildman–Crippen LogP) is 4.85. The summed E-state index contributed by atoms with van der Waals surface area (Å²) >= 11 is 6.23. The number of esters is 2. The van der Waals surface area contributed by atoms with Gasteiger partial charge in [0.25, 0.3) is 0 Å². The molecule has 1 aliphatic rings. The van der Waals surface area contributed by atoms with E-state index < -0.39 is 17.9 Å². The summed E-state index contributed by atoms with van der Waals surface area (Å²) in [6.07, 6.45) is 3.39. The van der Waals surface area contributed by atoms with Crippen LogP contribution in [0, 0.1) is 0 Å². The fraction of sp³-hybridized carbons (Fsp3) is 0.308. The van der Waals surface area contributed by atoms with Crippen LogP contribution < -0.4 is 9.47 Å². The average molecular weight is 486 g/mol. The van der Waals surface area contributed by atoms with Crippen molar-refractivity contribution in [2.24, 2.45) is 0 Å². The van der Waals surface area contributed by atoms with E-state index in [0.29, 0.717) is 39.8 Å². The summed E-state index contributed by atoms with van der Waals surface area (Å²) in [7, 11) is 3.14. The first-order valence-corrected chi connectivity index (χ1v) is 11.3. The van der Waals surface area contributed by atoms with Crippen LogP contribution in [-0.4, -0.2) is 44.3 Å². The first-order chi connectivity index (χ1) is 16.4. The lowest BCUT2D eigenvalue weighted by Gasteiger charge is -2.30. The van der Waals surface area contributed by atoms with Crippen LogP contribution in [-0.2, 0) is 25.6 Å². The van der Waals surface area contributed by atoms with Gasteiger partial charge in [-0.05, 0) is 49.2 Å². The van der Waals surface area contributed by atoms with E-state index in [2.05, 4.69) is 0 Å². The Morgan fingerprint density at radius 3 is 2.03 bits per heavy atom. The van der Waals surface area contributed by atoms with Gasteiger partial charge in [0.05, 0.1) is 44.5 Å². The molecule has 2 aromatic carbocycles. The number of rotatable bonds is 9. The van der Waals surface area contributed by atoms with E-state index in [-0.39, 0.29) is 13.2 Å². The van der Waals surface area contributed by atoms with E-state index in [4.69, 9.17) is 30.5 Å². The van der Waals surface area contributed by atoms with Gasteiger partial charge in [0.1, 0.15) is 0 Å². The van der Waals surface area contributed by atoms with Crippen LogP contribution in [0.1, 0.15) is 30.9 Å². The summed E-state index contributed by atoms with van der Waals surface area (Å²) < 4.78 is 21.4. The zero-order chi connectivity index (χ0) is 24.7. The van der Waals surface area contributed by atoms with Gasteiger partial charge >= 0.3 is 11.9 Å². The van der Waals surface area contributed by atoms with Gasteiger partial charge in [0.2, 0.25) is 0 Å². The molecule has 1 heterocycles. The summed E-state index contributed by atoms with van der Waals surface area (Å²) in [6, 6.07) is 12.6. The van der Waals surface area contributed by atoms with Crippen molar-refractivity contribution in [1.29, 1.82) is 0 Å². The van der Waals surface area contributed by atoms with Crippen LogP contribution in [0.4, 0.5) is 0 Å². The molecule has 0 saturated heterocycles. The molecule has 0 atom stereocenters. The van der Waals surface area contributed by atoms with Crippen molar-refractivity contribution in [1.82, 2.24) is 4.90 Å². The van der Waals surface area contributed by atoms with Crippen LogP contribution in [0.15, 0.2) is 66.0 Å². The molecule has 8 heteroatoms. The monoisotopic (exact) mass is 485 g/mol. The highest BCUT2D eigenvalue weighted by molar-refractivity contribution is 6.30. The Bertz CT molecular complexity index is 1070. The maximum atomic E-state index is 13.0. The predicted molar refractivity (Wildman–Crippen MR) is 129 cm³/mol. The number of carbonyl (C=O) groups is 2. The molecule has 1 aliphatic heterocycles. The van der Waals surface area contributed by atoms with Gasteiger partial charge in [-0.3, -0.25) is 0 Å². The van der Waals surface area contributed by atoms with Gasteiger partial charge in [0.15, 0.2) is 11.5 Å². The van der Waals surface area contributed by atoms with Gasteiger partial charge in [-0.1, -0.05) is 29.8 Å². The SMILES string of the molecule is CCOC(=O)C1=CN(Cc2ccc(OC)c(OC)c2)C=C(C(=O)OCC)C1c1cccc(Cl)c1. The van der Waals surface area contributed by atoms with Crippen molar-refractivity contribution in [3.63, 3.8) is 0 Å². The van der Waals surface area contributed by atoms with Gasteiger partial charge < -0.3 is 23.8 Å². The molecule has 0 aliphatic carbocycles. The molecule has 2 aromatic rings. The van der Waals surface area contributed by atoms with Crippen LogP contribution >= 0.6 is 11.6 Å². The summed E-state index contributed by atoms with van der Waals surface area (Å²) in [5, 5.41) is 0.497. The highest BCUT2D eigenvalue weighted by Gasteiger charge is 2.35. The number of benzene rings is 2. The molecule has 180 valence electrons. The van der Waals surface area contributed by atoms with Gasteiger partial charge in [0, 0.05) is 24.0 Å². The lowest BCUT2D eigenvalue weighted by atomic mass is 9.83. The summed E-state index contributed by atoms with van der Waals surface area (Å²) in [5.74, 6) is -0.521. The minimum Gasteiger partial charge on any atom is -0.493 e. The van der Waals surface area contributed by atoms with Crippen molar-refractivity contribution >= 4 is 23.5 Å². The van der Waals surface area contributed by atoms with E-state index in [1.54, 1.807) is 69.6 Å². The fourth-order valence-electron chi connectivity index (χ4n) is 3.81. The van der Waals surface area contributed by atoms with Crippen LogP contribution in [0.25, 0.3) is 0 Å². The van der Waals surface area contributed by atoms with Crippen molar-refractivity contribution in [3.8, 4) is 11.5 Å². The molecule has 0 fully saturated rings. The third-order valence-electron chi connectivity index (χ3n) is 5.25. The van der Waals surface area contributed by atoms with Gasteiger partial charge in [-0.15, -0.1) is 0 Å². The molecule has 34 heavy (non-hydrogen) atoms. The lowest BCUT2D eigenvalue weighted by Crippen LogP contribution is -2.29. The first kappa shape index (κ1) is 25.2. The number of nitrogens with zero attached hydrogens (tertiary/aromatic N) is 1. The zero-order valence-electron chi connectivity index (χ0n) is 19.7. The maximum absolute atomic E-state index is 13.0. The van der Waals surface area contributed by atoms with E-state index in [0.717, 1.165) is 5.56 Å². The quantitative estimate of drug-likeness (QED) is 0.470. The minimum absolute atomic E-state index is 0.201. The normalized spacial score (nSPS) is 13.6. The Morgan fingerprint density at radius 2 is 1.50 bits per heavy atom. The third-order valence-corrected chi connectivity index (χ3v) is 5.48. The smallest absolute Gasteiger partial charge is 0.336 e. The molecule has 0 spiro atoms. The second-order valence-corrected chi connectivity index (χ2v) is 7.90. The van der Waals surface area contributed by atoms with Crippen LogP contribution in [0.5, 0.6) is 11.5 Å². The molecule has 0 aromatic heterocycles. The van der Waals surface area contributed by atoms with Crippen molar-refractivity contribution < 1.29 is 28.5 Å². The fourth-order valence-corrected chi connectivity index (χ4v) is 4.01. The molecule has 0 bridgehead atoms. The molecule has 0 unspecified atom stereocenters. The molecule has 0 N–H and O–H groups in total. The van der Waals surface area contributed by atoms with Crippen molar-refractivity contribution in [2.75, 3.05) is 27.4 Å². The van der Waals surface area contributed by atoms with E-state index in [1.807, 2.05) is 18.2 Å². The van der Waals surface area contributed by atoms with E-state index in [9.17, 15) is 9.59 Å². The zero-order valence-corrected chi connectivity index (χ0v) is 20.4. The second kappa shape index (κ2) is 11.6. The molecule has 3 rings (SSSR count). The van der Waals surface area contributed by atoms with Crippen molar-refractivity contribution in [2.45, 2.75) is 26.3 Å². The number of ether oxygens (including phenoxy) is 4. The Morgan fingerprint density at radius 1 is 0.882 bits per heavy atom. The number of hydrogen-bond acceptors (Lipinski definition) is 7. The number of hydrogen-bond donors (Lipinski definition) is 0. The molecule has 7 nitrogen and oxygen atoms in total. The average Bonchev–Trinajstić information content (AvgIpc) is 2.83. The molecular formula is C26H28ClNO6. The molecule has 0 radical (unpaired) electrons. The topological polar surface area (TPSA) is 74.3 Å². The molecular weight excluding hydrogens is 458 g/mol. The van der Waals surface area contributed by atoms with Crippen molar-refractivity contribution in [3.05, 3.63) is 82.2 Å². The van der Waals surface area contributed by atoms with E-state index >= 15 is 0 Å². The highest BCUT2D eigenvalue weighted by atomic mass is 35.5.